The Bertz CT molecular complexity index is 1020. The first-order chi connectivity index (χ1) is 13.5. The number of aromatic nitrogens is 1. The number of nitrogens with zero attached hydrogens (tertiary/aromatic N) is 1. The van der Waals surface area contributed by atoms with Gasteiger partial charge in [0.15, 0.2) is 0 Å². The van der Waals surface area contributed by atoms with Crippen LogP contribution in [-0.4, -0.2) is 29.4 Å². The number of H-pyrrole nitrogens is 1. The molecule has 0 saturated heterocycles. The number of aromatic amines is 1. The minimum atomic E-state index is -0.152. The van der Waals surface area contributed by atoms with E-state index in [1.54, 1.807) is 36.3 Å². The average molecular weight is 378 g/mol. The molecule has 0 radical (unpaired) electrons. The molecule has 5 heteroatoms. The highest BCUT2D eigenvalue weighted by atomic mass is 16.5. The Morgan fingerprint density at radius 3 is 2.54 bits per heavy atom. The molecule has 1 heterocycles. The molecular formula is C23H26N2O3. The van der Waals surface area contributed by atoms with E-state index in [-0.39, 0.29) is 18.0 Å². The lowest BCUT2D eigenvalue weighted by molar-refractivity contribution is 0.0740. The van der Waals surface area contributed by atoms with Crippen LogP contribution in [0.2, 0.25) is 0 Å². The van der Waals surface area contributed by atoms with Gasteiger partial charge in [-0.15, -0.1) is 0 Å². The molecule has 2 aromatic carbocycles. The molecular weight excluding hydrogens is 352 g/mol. The molecule has 28 heavy (non-hydrogen) atoms. The van der Waals surface area contributed by atoms with E-state index in [1.165, 1.54) is 0 Å². The molecule has 0 unspecified atom stereocenters. The van der Waals surface area contributed by atoms with Crippen molar-refractivity contribution in [1.29, 1.82) is 0 Å². The molecule has 1 N–H and O–H groups in total. The maximum Gasteiger partial charge on any atom is 0.254 e. The Morgan fingerprint density at radius 1 is 1.11 bits per heavy atom. The quantitative estimate of drug-likeness (QED) is 0.667. The summed E-state index contributed by atoms with van der Waals surface area (Å²) in [5.41, 5.74) is 2.96. The van der Waals surface area contributed by atoms with E-state index < -0.39 is 0 Å². The summed E-state index contributed by atoms with van der Waals surface area (Å²) in [6, 6.07) is 14.9. The van der Waals surface area contributed by atoms with Crippen molar-refractivity contribution in [2.75, 3.05) is 13.7 Å². The summed E-state index contributed by atoms with van der Waals surface area (Å²) < 4.78 is 5.17. The van der Waals surface area contributed by atoms with Crippen molar-refractivity contribution in [3.05, 3.63) is 75.6 Å². The van der Waals surface area contributed by atoms with Gasteiger partial charge in [-0.1, -0.05) is 25.0 Å². The molecule has 1 aromatic heterocycles. The molecule has 0 fully saturated rings. The number of carbonyl (C=O) groups is 1. The Balaban J connectivity index is 1.91. The third kappa shape index (κ3) is 4.42. The van der Waals surface area contributed by atoms with Crippen LogP contribution in [0.1, 0.15) is 41.3 Å². The van der Waals surface area contributed by atoms with Crippen LogP contribution in [0, 0.1) is 6.92 Å². The number of unbranched alkanes of at least 4 members (excludes halogenated alkanes) is 1. The van der Waals surface area contributed by atoms with E-state index in [0.29, 0.717) is 23.4 Å². The monoisotopic (exact) mass is 378 g/mol. The molecule has 0 spiro atoms. The number of hydrogen-bond donors (Lipinski definition) is 1. The van der Waals surface area contributed by atoms with Crippen LogP contribution in [0.25, 0.3) is 10.9 Å². The zero-order valence-electron chi connectivity index (χ0n) is 16.6. The van der Waals surface area contributed by atoms with Gasteiger partial charge < -0.3 is 14.6 Å². The van der Waals surface area contributed by atoms with Crippen LogP contribution in [0.3, 0.4) is 0 Å². The summed E-state index contributed by atoms with van der Waals surface area (Å²) in [6.45, 7) is 4.99. The fourth-order valence-corrected chi connectivity index (χ4v) is 3.21. The summed E-state index contributed by atoms with van der Waals surface area (Å²) in [7, 11) is 1.60. The summed E-state index contributed by atoms with van der Waals surface area (Å²) in [6.07, 6.45) is 1.85. The lowest BCUT2D eigenvalue weighted by Crippen LogP contribution is -2.33. The second kappa shape index (κ2) is 8.74. The van der Waals surface area contributed by atoms with Crippen LogP contribution >= 0.6 is 0 Å². The second-order valence-electron chi connectivity index (χ2n) is 7.02. The number of carbonyl (C=O) groups excluding carboxylic acids is 1. The van der Waals surface area contributed by atoms with Gasteiger partial charge in [0.25, 0.3) is 11.5 Å². The summed E-state index contributed by atoms with van der Waals surface area (Å²) in [5, 5.41) is 0.974. The van der Waals surface area contributed by atoms with Crippen LogP contribution < -0.4 is 10.3 Å². The molecule has 0 aliphatic heterocycles. The lowest BCUT2D eigenvalue weighted by atomic mass is 10.1. The third-order valence-electron chi connectivity index (χ3n) is 4.84. The number of nitrogens with one attached hydrogen (secondary N) is 1. The molecule has 1 amide bonds. The van der Waals surface area contributed by atoms with E-state index in [1.807, 2.05) is 31.2 Å². The molecule has 0 saturated carbocycles. The highest BCUT2D eigenvalue weighted by molar-refractivity contribution is 5.94. The standard InChI is InChI=1S/C23H26N2O3/c1-4-5-12-25(23(27)17-7-9-20(28-3)10-8-17)15-19-14-18-13-16(2)6-11-21(18)24-22(19)26/h6-11,13-14H,4-5,12,15H2,1-3H3,(H,24,26). The lowest BCUT2D eigenvalue weighted by Gasteiger charge is -2.23. The zero-order valence-corrected chi connectivity index (χ0v) is 16.6. The summed E-state index contributed by atoms with van der Waals surface area (Å²) in [4.78, 5) is 30.3. The van der Waals surface area contributed by atoms with E-state index >= 15 is 0 Å². The highest BCUT2D eigenvalue weighted by Gasteiger charge is 2.17. The van der Waals surface area contributed by atoms with E-state index in [2.05, 4.69) is 11.9 Å². The molecule has 0 bridgehead atoms. The van der Waals surface area contributed by atoms with Crippen molar-refractivity contribution in [3.63, 3.8) is 0 Å². The predicted molar refractivity (Wildman–Crippen MR) is 112 cm³/mol. The number of methoxy groups -OCH3 is 1. The van der Waals surface area contributed by atoms with Gasteiger partial charge in [0, 0.05) is 23.2 Å². The van der Waals surface area contributed by atoms with Gasteiger partial charge >= 0.3 is 0 Å². The second-order valence-corrected chi connectivity index (χ2v) is 7.02. The number of rotatable bonds is 7. The minimum Gasteiger partial charge on any atom is -0.497 e. The summed E-state index contributed by atoms with van der Waals surface area (Å²) in [5.74, 6) is 0.623. The molecule has 3 aromatic rings. The molecule has 5 nitrogen and oxygen atoms in total. The average Bonchev–Trinajstić information content (AvgIpc) is 2.71. The fourth-order valence-electron chi connectivity index (χ4n) is 3.21. The first kappa shape index (κ1) is 19.7. The Kier molecular flexibility index (Phi) is 6.14. The van der Waals surface area contributed by atoms with Crippen molar-refractivity contribution >= 4 is 16.8 Å². The van der Waals surface area contributed by atoms with Crippen molar-refractivity contribution in [2.24, 2.45) is 0 Å². The van der Waals surface area contributed by atoms with E-state index in [9.17, 15) is 9.59 Å². The van der Waals surface area contributed by atoms with Crippen molar-refractivity contribution < 1.29 is 9.53 Å². The van der Waals surface area contributed by atoms with Crippen LogP contribution in [0.5, 0.6) is 5.75 Å². The Labute approximate surface area is 165 Å². The van der Waals surface area contributed by atoms with Gasteiger partial charge in [-0.25, -0.2) is 0 Å². The SMILES string of the molecule is CCCCN(Cc1cc2cc(C)ccc2[nH]c1=O)C(=O)c1ccc(OC)cc1. The highest BCUT2D eigenvalue weighted by Crippen LogP contribution is 2.17. The maximum absolute atomic E-state index is 13.1. The smallest absolute Gasteiger partial charge is 0.254 e. The van der Waals surface area contributed by atoms with Crippen LogP contribution in [0.15, 0.2) is 53.3 Å². The largest absolute Gasteiger partial charge is 0.497 e. The van der Waals surface area contributed by atoms with Gasteiger partial charge in [0.2, 0.25) is 0 Å². The van der Waals surface area contributed by atoms with Crippen molar-refractivity contribution in [1.82, 2.24) is 9.88 Å². The minimum absolute atomic E-state index is 0.0835. The number of hydrogen-bond acceptors (Lipinski definition) is 3. The molecule has 146 valence electrons. The van der Waals surface area contributed by atoms with Gasteiger partial charge in [-0.05, 0) is 61.2 Å². The van der Waals surface area contributed by atoms with Crippen molar-refractivity contribution in [2.45, 2.75) is 33.2 Å². The fraction of sp³-hybridized carbons (Fsp3) is 0.304. The molecule has 0 aliphatic carbocycles. The number of ether oxygens (including phenoxy) is 1. The first-order valence-corrected chi connectivity index (χ1v) is 9.57. The zero-order chi connectivity index (χ0) is 20.1. The first-order valence-electron chi connectivity index (χ1n) is 9.57. The normalized spacial score (nSPS) is 10.8. The molecule has 0 aliphatic rings. The van der Waals surface area contributed by atoms with Gasteiger partial charge in [-0.2, -0.15) is 0 Å². The number of pyridine rings is 1. The maximum atomic E-state index is 13.1. The van der Waals surface area contributed by atoms with Gasteiger partial charge in [0.05, 0.1) is 13.7 Å². The van der Waals surface area contributed by atoms with Crippen molar-refractivity contribution in [3.8, 4) is 5.75 Å². The Morgan fingerprint density at radius 2 is 1.86 bits per heavy atom. The number of aryl methyl sites for hydroxylation is 1. The molecule has 0 atom stereocenters. The topological polar surface area (TPSA) is 62.4 Å². The summed E-state index contributed by atoms with van der Waals surface area (Å²) >= 11 is 0. The van der Waals surface area contributed by atoms with Gasteiger partial charge in [-0.3, -0.25) is 9.59 Å². The molecule has 3 rings (SSSR count). The van der Waals surface area contributed by atoms with Crippen LogP contribution in [0.4, 0.5) is 0 Å². The van der Waals surface area contributed by atoms with E-state index in [4.69, 9.17) is 4.74 Å². The van der Waals surface area contributed by atoms with Crippen LogP contribution in [-0.2, 0) is 6.54 Å². The predicted octanol–water partition coefficient (Wildman–Crippen LogP) is 4.29. The van der Waals surface area contributed by atoms with E-state index in [0.717, 1.165) is 29.3 Å². The van der Waals surface area contributed by atoms with Gasteiger partial charge in [0.1, 0.15) is 5.75 Å². The number of benzene rings is 2. The Hall–Kier alpha value is -3.08. The number of fused-ring (bicyclic) bond motifs is 1. The third-order valence-corrected chi connectivity index (χ3v) is 4.84. The number of amides is 1.